The highest BCUT2D eigenvalue weighted by atomic mass is 35.5. The number of hydrogen-bond acceptors (Lipinski definition) is 4. The van der Waals surface area contributed by atoms with Crippen LogP contribution in [0.15, 0.2) is 36.9 Å². The van der Waals surface area contributed by atoms with E-state index in [1.54, 1.807) is 24.3 Å². The lowest BCUT2D eigenvalue weighted by Crippen LogP contribution is -2.10. The van der Waals surface area contributed by atoms with Crippen molar-refractivity contribution < 1.29 is 9.53 Å². The summed E-state index contributed by atoms with van der Waals surface area (Å²) in [6, 6.07) is 6.70. The van der Waals surface area contributed by atoms with Crippen LogP contribution in [0.4, 0.5) is 0 Å². The van der Waals surface area contributed by atoms with Crippen LogP contribution in [0.5, 0.6) is 0 Å². The van der Waals surface area contributed by atoms with Crippen molar-refractivity contribution in [3.05, 3.63) is 47.5 Å². The fraction of sp³-hybridized carbons (Fsp3) is 0.100. The first-order chi connectivity index (χ1) is 7.77. The highest BCUT2D eigenvalue weighted by Gasteiger charge is 2.10. The van der Waals surface area contributed by atoms with Gasteiger partial charge in [0.05, 0.1) is 10.6 Å². The number of carbonyl (C=O) groups excluding carboxylic acids is 1. The van der Waals surface area contributed by atoms with E-state index in [0.29, 0.717) is 10.6 Å². The Labute approximate surface area is 96.6 Å². The van der Waals surface area contributed by atoms with E-state index in [-0.39, 0.29) is 6.73 Å². The van der Waals surface area contributed by atoms with Crippen LogP contribution in [-0.2, 0) is 11.5 Å². The number of ether oxygens (including phenoxy) is 1. The Hall–Kier alpha value is -1.88. The van der Waals surface area contributed by atoms with Crippen molar-refractivity contribution in [2.45, 2.75) is 6.73 Å². The van der Waals surface area contributed by atoms with Gasteiger partial charge in [-0.2, -0.15) is 5.10 Å². The van der Waals surface area contributed by atoms with Crippen LogP contribution in [0.1, 0.15) is 10.4 Å². The quantitative estimate of drug-likeness (QED) is 0.763. The lowest BCUT2D eigenvalue weighted by Gasteiger charge is -2.05. The molecule has 0 saturated carbocycles. The zero-order chi connectivity index (χ0) is 11.4. The summed E-state index contributed by atoms with van der Waals surface area (Å²) >= 11 is 5.84. The maximum atomic E-state index is 11.6. The molecule has 1 aromatic heterocycles. The number of nitrogens with zero attached hydrogens (tertiary/aromatic N) is 3. The second-order valence-electron chi connectivity index (χ2n) is 2.98. The molecule has 6 heteroatoms. The highest BCUT2D eigenvalue weighted by molar-refractivity contribution is 6.33. The van der Waals surface area contributed by atoms with Gasteiger partial charge in [0, 0.05) is 0 Å². The normalized spacial score (nSPS) is 10.1. The van der Waals surface area contributed by atoms with Gasteiger partial charge in [-0.05, 0) is 12.1 Å². The maximum absolute atomic E-state index is 11.6. The van der Waals surface area contributed by atoms with Gasteiger partial charge in [-0.25, -0.2) is 14.5 Å². The molecule has 0 bridgehead atoms. The third-order valence-corrected chi connectivity index (χ3v) is 2.22. The van der Waals surface area contributed by atoms with E-state index in [4.69, 9.17) is 16.3 Å². The number of carbonyl (C=O) groups is 1. The van der Waals surface area contributed by atoms with Gasteiger partial charge in [-0.3, -0.25) is 0 Å². The predicted molar refractivity (Wildman–Crippen MR) is 56.9 cm³/mol. The molecule has 16 heavy (non-hydrogen) atoms. The molecule has 0 aliphatic heterocycles. The fourth-order valence-corrected chi connectivity index (χ4v) is 1.34. The molecule has 2 rings (SSSR count). The molecular weight excluding hydrogens is 230 g/mol. The molecular formula is C10H8ClN3O2. The minimum absolute atomic E-state index is 0.0179. The second-order valence-corrected chi connectivity index (χ2v) is 3.38. The van der Waals surface area contributed by atoms with Gasteiger partial charge in [-0.1, -0.05) is 23.7 Å². The number of rotatable bonds is 3. The summed E-state index contributed by atoms with van der Waals surface area (Å²) < 4.78 is 6.39. The van der Waals surface area contributed by atoms with E-state index < -0.39 is 5.97 Å². The highest BCUT2D eigenvalue weighted by Crippen LogP contribution is 2.15. The Morgan fingerprint density at radius 1 is 1.44 bits per heavy atom. The van der Waals surface area contributed by atoms with Crippen molar-refractivity contribution in [3.8, 4) is 0 Å². The van der Waals surface area contributed by atoms with E-state index >= 15 is 0 Å². The van der Waals surface area contributed by atoms with E-state index in [0.717, 1.165) is 0 Å². The summed E-state index contributed by atoms with van der Waals surface area (Å²) in [4.78, 5) is 15.3. The summed E-state index contributed by atoms with van der Waals surface area (Å²) in [6.07, 6.45) is 2.82. The standard InChI is InChI=1S/C10H8ClN3O2/c11-9-4-2-1-3-8(9)10(15)16-7-14-6-12-5-13-14/h1-6H,7H2. The van der Waals surface area contributed by atoms with Crippen LogP contribution in [0, 0.1) is 0 Å². The lowest BCUT2D eigenvalue weighted by atomic mass is 10.2. The van der Waals surface area contributed by atoms with Crippen LogP contribution < -0.4 is 0 Å². The zero-order valence-electron chi connectivity index (χ0n) is 8.21. The molecule has 0 aliphatic carbocycles. The molecule has 82 valence electrons. The first-order valence-corrected chi connectivity index (χ1v) is 4.89. The Kier molecular flexibility index (Phi) is 3.16. The van der Waals surface area contributed by atoms with E-state index in [2.05, 4.69) is 10.1 Å². The van der Waals surface area contributed by atoms with Gasteiger partial charge in [0.15, 0.2) is 6.73 Å². The molecule has 0 saturated heterocycles. The zero-order valence-corrected chi connectivity index (χ0v) is 8.96. The van der Waals surface area contributed by atoms with Gasteiger partial charge in [-0.15, -0.1) is 0 Å². The van der Waals surface area contributed by atoms with Gasteiger partial charge >= 0.3 is 5.97 Å². The molecule has 1 aromatic carbocycles. The Bertz CT molecular complexity index is 485. The average molecular weight is 238 g/mol. The average Bonchev–Trinajstić information content (AvgIpc) is 2.79. The maximum Gasteiger partial charge on any atom is 0.341 e. The molecule has 0 N–H and O–H groups in total. The van der Waals surface area contributed by atoms with Crippen molar-refractivity contribution >= 4 is 17.6 Å². The van der Waals surface area contributed by atoms with E-state index in [1.165, 1.54) is 17.3 Å². The molecule has 1 heterocycles. The molecule has 0 amide bonds. The molecule has 0 atom stereocenters. The second kappa shape index (κ2) is 4.76. The van der Waals surface area contributed by atoms with Crippen molar-refractivity contribution in [2.24, 2.45) is 0 Å². The smallest absolute Gasteiger partial charge is 0.341 e. The number of benzene rings is 1. The molecule has 2 aromatic rings. The van der Waals surface area contributed by atoms with Gasteiger partial charge in [0.1, 0.15) is 12.7 Å². The summed E-state index contributed by atoms with van der Waals surface area (Å²) in [5, 5.41) is 4.17. The van der Waals surface area contributed by atoms with Crippen LogP contribution in [0.2, 0.25) is 5.02 Å². The molecule has 0 radical (unpaired) electrons. The Morgan fingerprint density at radius 3 is 2.94 bits per heavy atom. The van der Waals surface area contributed by atoms with Crippen LogP contribution in [0.3, 0.4) is 0 Å². The molecule has 0 aliphatic rings. The third-order valence-electron chi connectivity index (χ3n) is 1.89. The van der Waals surface area contributed by atoms with E-state index in [1.807, 2.05) is 0 Å². The number of aromatic nitrogens is 3. The molecule has 0 unspecified atom stereocenters. The minimum atomic E-state index is -0.485. The van der Waals surface area contributed by atoms with Crippen molar-refractivity contribution in [1.82, 2.24) is 14.8 Å². The number of hydrogen-bond donors (Lipinski definition) is 0. The van der Waals surface area contributed by atoms with E-state index in [9.17, 15) is 4.79 Å². The summed E-state index contributed by atoms with van der Waals surface area (Å²) in [5.41, 5.74) is 0.337. The first-order valence-electron chi connectivity index (χ1n) is 4.51. The Balaban J connectivity index is 2.01. The summed E-state index contributed by atoms with van der Waals surface area (Å²) in [5.74, 6) is -0.485. The largest absolute Gasteiger partial charge is 0.439 e. The summed E-state index contributed by atoms with van der Waals surface area (Å²) in [7, 11) is 0. The predicted octanol–water partition coefficient (Wildman–Crippen LogP) is 1.75. The molecule has 5 nitrogen and oxygen atoms in total. The first kappa shape index (κ1) is 10.6. The van der Waals surface area contributed by atoms with Gasteiger partial charge < -0.3 is 4.74 Å². The molecule has 0 spiro atoms. The van der Waals surface area contributed by atoms with Gasteiger partial charge in [0.2, 0.25) is 0 Å². The Morgan fingerprint density at radius 2 is 2.25 bits per heavy atom. The molecule has 0 fully saturated rings. The SMILES string of the molecule is O=C(OCn1cncn1)c1ccccc1Cl. The minimum Gasteiger partial charge on any atom is -0.439 e. The fourth-order valence-electron chi connectivity index (χ4n) is 1.13. The van der Waals surface area contributed by atoms with Crippen molar-refractivity contribution in [2.75, 3.05) is 0 Å². The van der Waals surface area contributed by atoms with Crippen LogP contribution in [0.25, 0.3) is 0 Å². The number of esters is 1. The topological polar surface area (TPSA) is 57.0 Å². The number of halogens is 1. The van der Waals surface area contributed by atoms with Crippen LogP contribution in [-0.4, -0.2) is 20.7 Å². The monoisotopic (exact) mass is 237 g/mol. The van der Waals surface area contributed by atoms with Gasteiger partial charge in [0.25, 0.3) is 0 Å². The summed E-state index contributed by atoms with van der Waals surface area (Å²) in [6.45, 7) is 0.0179. The van der Waals surface area contributed by atoms with Crippen molar-refractivity contribution in [1.29, 1.82) is 0 Å². The van der Waals surface area contributed by atoms with Crippen LogP contribution >= 0.6 is 11.6 Å². The van der Waals surface area contributed by atoms with Crippen molar-refractivity contribution in [3.63, 3.8) is 0 Å². The third kappa shape index (κ3) is 2.38. The lowest BCUT2D eigenvalue weighted by molar-refractivity contribution is 0.0349.